The van der Waals surface area contributed by atoms with E-state index in [1.54, 1.807) is 0 Å². The molecule has 1 heterocycles. The minimum atomic E-state index is -1.37. The monoisotopic (exact) mass is 384 g/mol. The summed E-state index contributed by atoms with van der Waals surface area (Å²) in [6.07, 6.45) is 1.20. The van der Waals surface area contributed by atoms with Gasteiger partial charge in [-0.3, -0.25) is 10.1 Å². The largest absolute Gasteiger partial charge is 0.507 e. The minimum absolute atomic E-state index is 0.0662. The summed E-state index contributed by atoms with van der Waals surface area (Å²) in [6.45, 7) is 3.70. The van der Waals surface area contributed by atoms with E-state index in [0.29, 0.717) is 24.5 Å². The van der Waals surface area contributed by atoms with Crippen molar-refractivity contribution in [2.45, 2.75) is 33.0 Å². The summed E-state index contributed by atoms with van der Waals surface area (Å²) in [5.41, 5.74) is 2.61. The number of phenolic OH excluding ortho intramolecular Hbond substituents is 1. The van der Waals surface area contributed by atoms with Crippen LogP contribution in [0.3, 0.4) is 0 Å². The summed E-state index contributed by atoms with van der Waals surface area (Å²) in [7, 11) is 0. The van der Waals surface area contributed by atoms with Crippen LogP contribution >= 0.6 is 0 Å². The number of aliphatic hydroxyl groups is 1. The van der Waals surface area contributed by atoms with Crippen LogP contribution in [-0.2, 0) is 12.8 Å². The van der Waals surface area contributed by atoms with Crippen LogP contribution in [0, 0.1) is 24.0 Å². The SMILES string of the molecule is Cc1cc(CCc2ncc(C(O)Oc3ccc([N+](=O)[O-])cc3)o2)cc(C)c1O. The van der Waals surface area contributed by atoms with Crippen molar-refractivity contribution in [3.8, 4) is 11.5 Å². The van der Waals surface area contributed by atoms with Gasteiger partial charge in [-0.1, -0.05) is 12.1 Å². The maximum atomic E-state index is 10.7. The van der Waals surface area contributed by atoms with Gasteiger partial charge in [-0.05, 0) is 49.1 Å². The van der Waals surface area contributed by atoms with Crippen molar-refractivity contribution in [1.82, 2.24) is 4.98 Å². The summed E-state index contributed by atoms with van der Waals surface area (Å²) in [5, 5.41) is 30.6. The van der Waals surface area contributed by atoms with Crippen LogP contribution in [-0.4, -0.2) is 20.1 Å². The van der Waals surface area contributed by atoms with Gasteiger partial charge in [0.05, 0.1) is 11.1 Å². The van der Waals surface area contributed by atoms with Gasteiger partial charge < -0.3 is 19.4 Å². The van der Waals surface area contributed by atoms with Crippen LogP contribution in [0.25, 0.3) is 0 Å². The highest BCUT2D eigenvalue weighted by Crippen LogP contribution is 2.25. The Morgan fingerprint density at radius 3 is 2.43 bits per heavy atom. The molecule has 0 fully saturated rings. The molecule has 8 heteroatoms. The first-order valence-electron chi connectivity index (χ1n) is 8.66. The number of benzene rings is 2. The summed E-state index contributed by atoms with van der Waals surface area (Å²) >= 11 is 0. The van der Waals surface area contributed by atoms with Crippen molar-refractivity contribution in [1.29, 1.82) is 0 Å². The van der Waals surface area contributed by atoms with Gasteiger partial charge in [-0.2, -0.15) is 0 Å². The van der Waals surface area contributed by atoms with Gasteiger partial charge in [-0.25, -0.2) is 4.98 Å². The molecule has 0 radical (unpaired) electrons. The molecular formula is C20H20N2O6. The summed E-state index contributed by atoms with van der Waals surface area (Å²) in [4.78, 5) is 14.3. The Kier molecular flexibility index (Phi) is 5.60. The lowest BCUT2D eigenvalue weighted by Crippen LogP contribution is -2.05. The van der Waals surface area contributed by atoms with E-state index in [1.165, 1.54) is 30.5 Å². The molecule has 0 spiro atoms. The number of ether oxygens (including phenoxy) is 1. The normalized spacial score (nSPS) is 12.0. The van der Waals surface area contributed by atoms with E-state index in [1.807, 2.05) is 26.0 Å². The average molecular weight is 384 g/mol. The van der Waals surface area contributed by atoms with Crippen LogP contribution in [0.2, 0.25) is 0 Å². The highest BCUT2D eigenvalue weighted by molar-refractivity contribution is 5.42. The summed E-state index contributed by atoms with van der Waals surface area (Å²) in [6, 6.07) is 9.20. The zero-order valence-electron chi connectivity index (χ0n) is 15.5. The van der Waals surface area contributed by atoms with Crippen LogP contribution in [0.5, 0.6) is 11.5 Å². The van der Waals surface area contributed by atoms with Crippen LogP contribution < -0.4 is 4.74 Å². The number of nitro benzene ring substituents is 1. The van der Waals surface area contributed by atoms with Crippen LogP contribution in [0.15, 0.2) is 47.0 Å². The first-order valence-corrected chi connectivity index (χ1v) is 8.66. The number of hydrogen-bond acceptors (Lipinski definition) is 7. The van der Waals surface area contributed by atoms with E-state index in [4.69, 9.17) is 9.15 Å². The second-order valence-corrected chi connectivity index (χ2v) is 6.46. The first kappa shape index (κ1) is 19.4. The van der Waals surface area contributed by atoms with E-state index >= 15 is 0 Å². The molecule has 3 aromatic rings. The Bertz CT molecular complexity index is 958. The molecule has 3 rings (SSSR count). The second-order valence-electron chi connectivity index (χ2n) is 6.46. The Morgan fingerprint density at radius 2 is 1.82 bits per heavy atom. The molecular weight excluding hydrogens is 364 g/mol. The number of rotatable bonds is 7. The molecule has 146 valence electrons. The summed E-state index contributed by atoms with van der Waals surface area (Å²) in [5.74, 6) is 1.16. The predicted molar refractivity (Wildman–Crippen MR) is 100 cm³/mol. The third-order valence-electron chi connectivity index (χ3n) is 4.29. The molecule has 0 bridgehead atoms. The lowest BCUT2D eigenvalue weighted by atomic mass is 10.0. The molecule has 8 nitrogen and oxygen atoms in total. The third-order valence-corrected chi connectivity index (χ3v) is 4.29. The molecule has 0 aliphatic rings. The van der Waals surface area contributed by atoms with E-state index in [-0.39, 0.29) is 17.2 Å². The fraction of sp³-hybridized carbons (Fsp3) is 0.250. The van der Waals surface area contributed by atoms with Crippen LogP contribution in [0.4, 0.5) is 5.69 Å². The zero-order valence-corrected chi connectivity index (χ0v) is 15.5. The topological polar surface area (TPSA) is 119 Å². The van der Waals surface area contributed by atoms with Gasteiger partial charge in [0.2, 0.25) is 0 Å². The maximum absolute atomic E-state index is 10.7. The van der Waals surface area contributed by atoms with Crippen molar-refractivity contribution in [3.63, 3.8) is 0 Å². The van der Waals surface area contributed by atoms with E-state index in [2.05, 4.69) is 4.98 Å². The number of aliphatic hydroxyl groups excluding tert-OH is 1. The molecule has 0 amide bonds. The highest BCUT2D eigenvalue weighted by Gasteiger charge is 2.16. The Hall–Kier alpha value is -3.39. The van der Waals surface area contributed by atoms with Crippen LogP contribution in [0.1, 0.15) is 34.6 Å². The van der Waals surface area contributed by atoms with Gasteiger partial charge in [0, 0.05) is 18.6 Å². The summed E-state index contributed by atoms with van der Waals surface area (Å²) < 4.78 is 10.9. The number of aromatic nitrogens is 1. The van der Waals surface area contributed by atoms with E-state index in [9.17, 15) is 20.3 Å². The number of phenols is 1. The Balaban J connectivity index is 1.60. The van der Waals surface area contributed by atoms with E-state index in [0.717, 1.165) is 16.7 Å². The molecule has 2 N–H and O–H groups in total. The van der Waals surface area contributed by atoms with Crippen molar-refractivity contribution in [3.05, 3.63) is 81.1 Å². The minimum Gasteiger partial charge on any atom is -0.507 e. The molecule has 28 heavy (non-hydrogen) atoms. The average Bonchev–Trinajstić information content (AvgIpc) is 3.14. The fourth-order valence-electron chi connectivity index (χ4n) is 2.83. The molecule has 2 aromatic carbocycles. The second kappa shape index (κ2) is 8.10. The lowest BCUT2D eigenvalue weighted by Gasteiger charge is -2.10. The smallest absolute Gasteiger partial charge is 0.269 e. The van der Waals surface area contributed by atoms with Gasteiger partial charge >= 0.3 is 0 Å². The third kappa shape index (κ3) is 4.47. The zero-order chi connectivity index (χ0) is 20.3. The molecule has 0 aliphatic heterocycles. The van der Waals surface area contributed by atoms with Gasteiger partial charge in [0.25, 0.3) is 12.0 Å². The molecule has 0 saturated heterocycles. The number of nitro groups is 1. The molecule has 1 aromatic heterocycles. The molecule has 0 aliphatic carbocycles. The quantitative estimate of drug-likeness (QED) is 0.361. The Morgan fingerprint density at radius 1 is 1.18 bits per heavy atom. The number of oxazole rings is 1. The van der Waals surface area contributed by atoms with E-state index < -0.39 is 11.2 Å². The van der Waals surface area contributed by atoms with Gasteiger partial charge in [0.1, 0.15) is 11.5 Å². The number of non-ortho nitro benzene ring substituents is 1. The number of hydrogen-bond donors (Lipinski definition) is 2. The van der Waals surface area contributed by atoms with Gasteiger partial charge in [-0.15, -0.1) is 0 Å². The van der Waals surface area contributed by atoms with Crippen molar-refractivity contribution in [2.75, 3.05) is 0 Å². The number of aryl methyl sites for hydroxylation is 4. The molecule has 0 saturated carbocycles. The predicted octanol–water partition coefficient (Wildman–Crippen LogP) is 3.76. The fourth-order valence-corrected chi connectivity index (χ4v) is 2.83. The highest BCUT2D eigenvalue weighted by atomic mass is 16.6. The van der Waals surface area contributed by atoms with Crippen molar-refractivity contribution in [2.24, 2.45) is 0 Å². The maximum Gasteiger partial charge on any atom is 0.269 e. The number of aromatic hydroxyl groups is 1. The molecule has 1 atom stereocenters. The Labute approximate surface area is 161 Å². The number of nitrogens with zero attached hydrogens (tertiary/aromatic N) is 2. The van der Waals surface area contributed by atoms with Gasteiger partial charge in [0.15, 0.2) is 11.7 Å². The molecule has 1 unspecified atom stereocenters. The first-order chi connectivity index (χ1) is 13.3. The lowest BCUT2D eigenvalue weighted by molar-refractivity contribution is -0.384. The van der Waals surface area contributed by atoms with Crippen molar-refractivity contribution < 1.29 is 24.3 Å². The van der Waals surface area contributed by atoms with Crippen molar-refractivity contribution >= 4 is 5.69 Å². The standard InChI is InChI=1S/C20H20N2O6/c1-12-9-14(10-13(2)19(12)23)3-8-18-21-11-17(28-18)20(24)27-16-6-4-15(5-7-16)22(25)26/h4-7,9-11,20,23-24H,3,8H2,1-2H3.